The largest absolute Gasteiger partial charge is 0.349 e. The van der Waals surface area contributed by atoms with E-state index in [1.807, 2.05) is 14.1 Å². The van der Waals surface area contributed by atoms with Gasteiger partial charge in [0.25, 0.3) is 0 Å². The van der Waals surface area contributed by atoms with Gasteiger partial charge in [-0.15, -0.1) is 0 Å². The maximum atomic E-state index is 11.3. The van der Waals surface area contributed by atoms with Crippen LogP contribution in [0.1, 0.15) is 39.5 Å². The Morgan fingerprint density at radius 3 is 2.25 bits per heavy atom. The van der Waals surface area contributed by atoms with Crippen LogP contribution in [0.3, 0.4) is 0 Å². The number of amides is 1. The lowest BCUT2D eigenvalue weighted by atomic mass is 9.96. The van der Waals surface area contributed by atoms with Gasteiger partial charge < -0.3 is 4.90 Å². The summed E-state index contributed by atoms with van der Waals surface area (Å²) in [5.74, 6) is 0.847. The Morgan fingerprint density at radius 2 is 1.92 bits per heavy atom. The molecule has 0 N–H and O–H groups in total. The number of carbonyl (C=O) groups is 1. The van der Waals surface area contributed by atoms with E-state index in [2.05, 4.69) is 13.8 Å². The highest BCUT2D eigenvalue weighted by Gasteiger charge is 2.11. The SMILES string of the molecule is CCCC(CC)CC(=O)N(C)C. The van der Waals surface area contributed by atoms with E-state index in [4.69, 9.17) is 0 Å². The fraction of sp³-hybridized carbons (Fsp3) is 0.900. The van der Waals surface area contributed by atoms with Crippen LogP contribution in [0.2, 0.25) is 0 Å². The first-order valence-electron chi connectivity index (χ1n) is 4.81. The molecule has 0 saturated heterocycles. The van der Waals surface area contributed by atoms with Gasteiger partial charge in [-0.3, -0.25) is 4.79 Å². The van der Waals surface area contributed by atoms with E-state index in [1.54, 1.807) is 4.90 Å². The maximum absolute atomic E-state index is 11.3. The molecule has 12 heavy (non-hydrogen) atoms. The third-order valence-electron chi connectivity index (χ3n) is 2.24. The molecule has 0 rings (SSSR count). The van der Waals surface area contributed by atoms with Gasteiger partial charge in [0.2, 0.25) is 5.91 Å². The Kier molecular flexibility index (Phi) is 5.77. The van der Waals surface area contributed by atoms with Crippen molar-refractivity contribution >= 4 is 5.91 Å². The Labute approximate surface area is 75.9 Å². The second kappa shape index (κ2) is 6.04. The molecule has 0 aliphatic heterocycles. The minimum Gasteiger partial charge on any atom is -0.349 e. The molecule has 1 amide bonds. The molecule has 0 aromatic rings. The summed E-state index contributed by atoms with van der Waals surface area (Å²) in [6.45, 7) is 4.33. The average Bonchev–Trinajstić information content (AvgIpc) is 2.03. The summed E-state index contributed by atoms with van der Waals surface area (Å²) < 4.78 is 0. The number of hydrogen-bond donors (Lipinski definition) is 0. The van der Waals surface area contributed by atoms with Crippen molar-refractivity contribution < 1.29 is 4.79 Å². The molecule has 0 heterocycles. The summed E-state index contributed by atoms with van der Waals surface area (Å²) in [6, 6.07) is 0. The molecular formula is C10H21NO. The van der Waals surface area contributed by atoms with Crippen molar-refractivity contribution in [1.29, 1.82) is 0 Å². The predicted octanol–water partition coefficient (Wildman–Crippen LogP) is 2.29. The van der Waals surface area contributed by atoms with Crippen LogP contribution in [0.25, 0.3) is 0 Å². The van der Waals surface area contributed by atoms with Gasteiger partial charge in [0.1, 0.15) is 0 Å². The van der Waals surface area contributed by atoms with E-state index >= 15 is 0 Å². The second-order valence-electron chi connectivity index (χ2n) is 3.56. The molecule has 0 bridgehead atoms. The average molecular weight is 171 g/mol. The van der Waals surface area contributed by atoms with Crippen LogP contribution in [0.4, 0.5) is 0 Å². The fourth-order valence-electron chi connectivity index (χ4n) is 1.29. The van der Waals surface area contributed by atoms with E-state index in [-0.39, 0.29) is 5.91 Å². The van der Waals surface area contributed by atoms with Crippen LogP contribution in [0, 0.1) is 5.92 Å². The zero-order valence-corrected chi connectivity index (χ0v) is 8.76. The summed E-state index contributed by atoms with van der Waals surface area (Å²) in [6.07, 6.45) is 4.19. The van der Waals surface area contributed by atoms with E-state index in [9.17, 15) is 4.79 Å². The zero-order chi connectivity index (χ0) is 9.56. The number of nitrogens with zero attached hydrogens (tertiary/aromatic N) is 1. The van der Waals surface area contributed by atoms with Gasteiger partial charge in [0, 0.05) is 20.5 Å². The summed E-state index contributed by atoms with van der Waals surface area (Å²) in [4.78, 5) is 13.0. The van der Waals surface area contributed by atoms with E-state index < -0.39 is 0 Å². The van der Waals surface area contributed by atoms with Crippen molar-refractivity contribution in [2.45, 2.75) is 39.5 Å². The molecule has 0 radical (unpaired) electrons. The van der Waals surface area contributed by atoms with Crippen molar-refractivity contribution in [2.75, 3.05) is 14.1 Å². The molecule has 0 aliphatic rings. The zero-order valence-electron chi connectivity index (χ0n) is 8.76. The van der Waals surface area contributed by atoms with Crippen LogP contribution in [-0.2, 0) is 4.79 Å². The first-order chi connectivity index (χ1) is 5.61. The molecule has 2 heteroatoms. The van der Waals surface area contributed by atoms with Crippen molar-refractivity contribution in [3.05, 3.63) is 0 Å². The lowest BCUT2D eigenvalue weighted by molar-refractivity contribution is -0.129. The van der Waals surface area contributed by atoms with Crippen LogP contribution >= 0.6 is 0 Å². The maximum Gasteiger partial charge on any atom is 0.222 e. The third-order valence-corrected chi connectivity index (χ3v) is 2.24. The molecule has 1 atom stereocenters. The van der Waals surface area contributed by atoms with Gasteiger partial charge >= 0.3 is 0 Å². The van der Waals surface area contributed by atoms with Gasteiger partial charge in [-0.05, 0) is 5.92 Å². The Bertz CT molecular complexity index is 132. The first-order valence-corrected chi connectivity index (χ1v) is 4.81. The molecule has 72 valence electrons. The molecule has 0 aromatic carbocycles. The quantitative estimate of drug-likeness (QED) is 0.621. The molecule has 0 aliphatic carbocycles. The summed E-state index contributed by atoms with van der Waals surface area (Å²) in [7, 11) is 3.64. The number of carbonyl (C=O) groups excluding carboxylic acids is 1. The van der Waals surface area contributed by atoms with E-state index in [1.165, 1.54) is 12.8 Å². The highest BCUT2D eigenvalue weighted by atomic mass is 16.2. The topological polar surface area (TPSA) is 20.3 Å². The van der Waals surface area contributed by atoms with Gasteiger partial charge in [-0.1, -0.05) is 33.1 Å². The fourth-order valence-corrected chi connectivity index (χ4v) is 1.29. The molecule has 2 nitrogen and oxygen atoms in total. The van der Waals surface area contributed by atoms with Crippen molar-refractivity contribution in [3.8, 4) is 0 Å². The summed E-state index contributed by atoms with van der Waals surface area (Å²) in [5, 5.41) is 0. The molecular weight excluding hydrogens is 150 g/mol. The van der Waals surface area contributed by atoms with Crippen LogP contribution in [0.15, 0.2) is 0 Å². The van der Waals surface area contributed by atoms with Crippen molar-refractivity contribution in [2.24, 2.45) is 5.92 Å². The third kappa shape index (κ3) is 4.37. The molecule has 1 unspecified atom stereocenters. The molecule has 0 fully saturated rings. The lowest BCUT2D eigenvalue weighted by Crippen LogP contribution is -2.24. The van der Waals surface area contributed by atoms with Crippen LogP contribution < -0.4 is 0 Å². The molecule has 0 spiro atoms. The van der Waals surface area contributed by atoms with Gasteiger partial charge in [0.15, 0.2) is 0 Å². The lowest BCUT2D eigenvalue weighted by Gasteiger charge is -2.16. The van der Waals surface area contributed by atoms with Crippen molar-refractivity contribution in [3.63, 3.8) is 0 Å². The molecule has 0 aromatic heterocycles. The standard InChI is InChI=1S/C10H21NO/c1-5-7-9(6-2)8-10(12)11(3)4/h9H,5-8H2,1-4H3. The molecule has 0 saturated carbocycles. The van der Waals surface area contributed by atoms with Gasteiger partial charge in [-0.2, -0.15) is 0 Å². The first kappa shape index (κ1) is 11.5. The number of rotatable bonds is 5. The minimum absolute atomic E-state index is 0.260. The van der Waals surface area contributed by atoms with Crippen LogP contribution in [0.5, 0.6) is 0 Å². The Balaban J connectivity index is 3.77. The summed E-state index contributed by atoms with van der Waals surface area (Å²) in [5.41, 5.74) is 0. The predicted molar refractivity (Wildman–Crippen MR) is 52.0 cm³/mol. The number of hydrogen-bond acceptors (Lipinski definition) is 1. The minimum atomic E-state index is 0.260. The summed E-state index contributed by atoms with van der Waals surface area (Å²) >= 11 is 0. The highest BCUT2D eigenvalue weighted by molar-refractivity contribution is 5.75. The van der Waals surface area contributed by atoms with E-state index in [0.29, 0.717) is 5.92 Å². The smallest absolute Gasteiger partial charge is 0.222 e. The Hall–Kier alpha value is -0.530. The Morgan fingerprint density at radius 1 is 1.33 bits per heavy atom. The van der Waals surface area contributed by atoms with E-state index in [0.717, 1.165) is 12.8 Å². The normalized spacial score (nSPS) is 12.7. The monoisotopic (exact) mass is 171 g/mol. The van der Waals surface area contributed by atoms with Gasteiger partial charge in [-0.25, -0.2) is 0 Å². The highest BCUT2D eigenvalue weighted by Crippen LogP contribution is 2.15. The van der Waals surface area contributed by atoms with Crippen molar-refractivity contribution in [1.82, 2.24) is 4.90 Å². The van der Waals surface area contributed by atoms with Gasteiger partial charge in [0.05, 0.1) is 0 Å². The van der Waals surface area contributed by atoms with Crippen LogP contribution in [-0.4, -0.2) is 24.9 Å². The second-order valence-corrected chi connectivity index (χ2v) is 3.56.